The van der Waals surface area contributed by atoms with Gasteiger partial charge in [0, 0.05) is 28.0 Å². The van der Waals surface area contributed by atoms with Gasteiger partial charge in [-0.2, -0.15) is 5.10 Å². The lowest BCUT2D eigenvalue weighted by Gasteiger charge is -2.07. The van der Waals surface area contributed by atoms with Crippen LogP contribution in [0.2, 0.25) is 5.02 Å². The molecular formula is C25H23BrClN3O3. The molecule has 0 aliphatic rings. The van der Waals surface area contributed by atoms with Crippen LogP contribution in [0.15, 0.2) is 76.3 Å². The Morgan fingerprint density at radius 2 is 1.70 bits per heavy atom. The fourth-order valence-electron chi connectivity index (χ4n) is 2.75. The maximum atomic E-state index is 12.0. The molecular weight excluding hydrogens is 506 g/mol. The molecule has 3 rings (SSSR count). The van der Waals surface area contributed by atoms with Gasteiger partial charge in [0.05, 0.1) is 6.21 Å². The van der Waals surface area contributed by atoms with Crippen LogP contribution in [0, 0.1) is 6.92 Å². The number of ether oxygens (including phenoxy) is 1. The second-order valence-electron chi connectivity index (χ2n) is 7.29. The molecule has 0 bridgehead atoms. The first kappa shape index (κ1) is 24.5. The highest BCUT2D eigenvalue weighted by Crippen LogP contribution is 2.20. The SMILES string of the molecule is Cc1ccc(NC(=O)CCC(=O)NN=Cc2ccc(OCc3ccc(Br)cc3)cc2)cc1Cl. The van der Waals surface area contributed by atoms with Crippen molar-refractivity contribution in [2.24, 2.45) is 5.10 Å². The normalized spacial score (nSPS) is 10.8. The third-order valence-corrected chi connectivity index (χ3v) is 5.57. The minimum atomic E-state index is -0.349. The van der Waals surface area contributed by atoms with E-state index in [4.69, 9.17) is 16.3 Å². The van der Waals surface area contributed by atoms with Crippen molar-refractivity contribution >= 4 is 51.2 Å². The second-order valence-corrected chi connectivity index (χ2v) is 8.61. The predicted octanol–water partition coefficient (Wildman–Crippen LogP) is 5.86. The number of hydrazone groups is 1. The zero-order valence-electron chi connectivity index (χ0n) is 18.0. The summed E-state index contributed by atoms with van der Waals surface area (Å²) in [6.07, 6.45) is 1.59. The molecule has 3 aromatic carbocycles. The van der Waals surface area contributed by atoms with Crippen molar-refractivity contribution in [3.8, 4) is 5.75 Å². The first-order valence-electron chi connectivity index (χ1n) is 10.2. The van der Waals surface area contributed by atoms with Gasteiger partial charge in [-0.25, -0.2) is 5.43 Å². The summed E-state index contributed by atoms with van der Waals surface area (Å²) in [5, 5.41) is 7.23. The average Bonchev–Trinajstić information content (AvgIpc) is 2.81. The average molecular weight is 529 g/mol. The van der Waals surface area contributed by atoms with Gasteiger partial charge in [-0.1, -0.05) is 45.7 Å². The summed E-state index contributed by atoms with van der Waals surface area (Å²) in [7, 11) is 0. The Bertz CT molecular complexity index is 1130. The van der Waals surface area contributed by atoms with Gasteiger partial charge >= 0.3 is 0 Å². The highest BCUT2D eigenvalue weighted by molar-refractivity contribution is 9.10. The van der Waals surface area contributed by atoms with Crippen LogP contribution < -0.4 is 15.5 Å². The van der Waals surface area contributed by atoms with E-state index in [9.17, 15) is 9.59 Å². The third-order valence-electron chi connectivity index (χ3n) is 4.64. The number of halogens is 2. The number of amides is 2. The lowest BCUT2D eigenvalue weighted by molar-refractivity contribution is -0.124. The molecule has 6 nitrogen and oxygen atoms in total. The lowest BCUT2D eigenvalue weighted by atomic mass is 10.2. The van der Waals surface area contributed by atoms with E-state index in [2.05, 4.69) is 31.8 Å². The molecule has 0 aliphatic carbocycles. The van der Waals surface area contributed by atoms with Gasteiger partial charge in [0.2, 0.25) is 11.8 Å². The van der Waals surface area contributed by atoms with E-state index < -0.39 is 0 Å². The van der Waals surface area contributed by atoms with Crippen molar-refractivity contribution in [2.75, 3.05) is 5.32 Å². The maximum absolute atomic E-state index is 12.0. The molecule has 33 heavy (non-hydrogen) atoms. The van der Waals surface area contributed by atoms with Crippen molar-refractivity contribution in [1.29, 1.82) is 0 Å². The van der Waals surface area contributed by atoms with Crippen molar-refractivity contribution in [3.63, 3.8) is 0 Å². The van der Waals surface area contributed by atoms with E-state index in [1.807, 2.05) is 61.5 Å². The predicted molar refractivity (Wildman–Crippen MR) is 135 cm³/mol. The molecule has 0 saturated heterocycles. The van der Waals surface area contributed by atoms with Crippen LogP contribution in [0.5, 0.6) is 5.75 Å². The molecule has 0 unspecified atom stereocenters. The monoisotopic (exact) mass is 527 g/mol. The fraction of sp³-hybridized carbons (Fsp3) is 0.160. The zero-order chi connectivity index (χ0) is 23.6. The largest absolute Gasteiger partial charge is 0.489 e. The summed E-state index contributed by atoms with van der Waals surface area (Å²) < 4.78 is 6.79. The van der Waals surface area contributed by atoms with Gasteiger partial charge in [-0.05, 0) is 72.1 Å². The molecule has 0 aliphatic heterocycles. The molecule has 0 saturated carbocycles. The van der Waals surface area contributed by atoms with Crippen LogP contribution in [0.3, 0.4) is 0 Å². The summed E-state index contributed by atoms with van der Waals surface area (Å²) in [5.74, 6) is 0.116. The van der Waals surface area contributed by atoms with E-state index in [0.29, 0.717) is 17.3 Å². The molecule has 8 heteroatoms. The Labute approximate surface area is 206 Å². The lowest BCUT2D eigenvalue weighted by Crippen LogP contribution is -2.20. The topological polar surface area (TPSA) is 79.8 Å². The van der Waals surface area contributed by atoms with Gasteiger partial charge < -0.3 is 10.1 Å². The molecule has 0 spiro atoms. The number of benzene rings is 3. The minimum Gasteiger partial charge on any atom is -0.489 e. The van der Waals surface area contributed by atoms with E-state index in [1.54, 1.807) is 12.1 Å². The van der Waals surface area contributed by atoms with E-state index >= 15 is 0 Å². The summed E-state index contributed by atoms with van der Waals surface area (Å²) in [5.41, 5.74) is 5.83. The smallest absolute Gasteiger partial charge is 0.240 e. The summed E-state index contributed by atoms with van der Waals surface area (Å²) in [4.78, 5) is 23.9. The molecule has 0 heterocycles. The number of rotatable bonds is 9. The van der Waals surface area contributed by atoms with Crippen LogP contribution >= 0.6 is 27.5 Å². The number of hydrogen-bond acceptors (Lipinski definition) is 4. The highest BCUT2D eigenvalue weighted by atomic mass is 79.9. The van der Waals surface area contributed by atoms with Crippen LogP contribution in [0.25, 0.3) is 0 Å². The molecule has 170 valence electrons. The fourth-order valence-corrected chi connectivity index (χ4v) is 3.20. The van der Waals surface area contributed by atoms with Crippen LogP contribution in [-0.2, 0) is 16.2 Å². The Kier molecular flexibility index (Phi) is 9.04. The van der Waals surface area contributed by atoms with E-state index in [0.717, 1.165) is 26.9 Å². The number of nitrogens with zero attached hydrogens (tertiary/aromatic N) is 1. The Balaban J connectivity index is 1.38. The Morgan fingerprint density at radius 3 is 2.39 bits per heavy atom. The summed E-state index contributed by atoms with van der Waals surface area (Å²) in [6.45, 7) is 2.35. The van der Waals surface area contributed by atoms with Crippen LogP contribution in [0.4, 0.5) is 5.69 Å². The van der Waals surface area contributed by atoms with Gasteiger partial charge in [-0.3, -0.25) is 9.59 Å². The summed E-state index contributed by atoms with van der Waals surface area (Å²) >= 11 is 9.46. The van der Waals surface area contributed by atoms with E-state index in [-0.39, 0.29) is 24.7 Å². The van der Waals surface area contributed by atoms with Crippen LogP contribution in [0.1, 0.15) is 29.5 Å². The quantitative estimate of drug-likeness (QED) is 0.270. The first-order valence-corrected chi connectivity index (χ1v) is 11.4. The molecule has 0 radical (unpaired) electrons. The number of hydrogen-bond donors (Lipinski definition) is 2. The Morgan fingerprint density at radius 1 is 1.00 bits per heavy atom. The molecule has 3 aromatic rings. The van der Waals surface area contributed by atoms with Gasteiger partial charge in [-0.15, -0.1) is 0 Å². The van der Waals surface area contributed by atoms with Gasteiger partial charge in [0.25, 0.3) is 0 Å². The number of aryl methyl sites for hydroxylation is 1. The molecule has 2 amide bonds. The molecule has 0 atom stereocenters. The van der Waals surface area contributed by atoms with E-state index in [1.165, 1.54) is 6.21 Å². The number of nitrogens with one attached hydrogen (secondary N) is 2. The highest BCUT2D eigenvalue weighted by Gasteiger charge is 2.07. The van der Waals surface area contributed by atoms with Crippen molar-refractivity contribution in [3.05, 3.63) is 92.9 Å². The maximum Gasteiger partial charge on any atom is 0.240 e. The van der Waals surface area contributed by atoms with Gasteiger partial charge in [0.1, 0.15) is 12.4 Å². The van der Waals surface area contributed by atoms with Crippen LogP contribution in [-0.4, -0.2) is 18.0 Å². The molecule has 2 N–H and O–H groups in total. The number of carbonyl (C=O) groups is 2. The minimum absolute atomic E-state index is 0.0194. The van der Waals surface area contributed by atoms with Gasteiger partial charge in [0.15, 0.2) is 0 Å². The Hall–Kier alpha value is -3.16. The van der Waals surface area contributed by atoms with Crippen molar-refractivity contribution in [2.45, 2.75) is 26.4 Å². The first-order chi connectivity index (χ1) is 15.9. The molecule has 0 aromatic heterocycles. The standard InChI is InChI=1S/C25H23BrClN3O3/c1-17-2-9-21(14-23(17)27)29-24(31)12-13-25(32)30-28-15-18-5-10-22(11-6-18)33-16-19-3-7-20(26)8-4-19/h2-11,14-15H,12-13,16H2,1H3,(H,29,31)(H,30,32). The zero-order valence-corrected chi connectivity index (χ0v) is 20.3. The van der Waals surface area contributed by atoms with Crippen molar-refractivity contribution < 1.29 is 14.3 Å². The van der Waals surface area contributed by atoms with Crippen molar-refractivity contribution in [1.82, 2.24) is 5.43 Å². The second kappa shape index (κ2) is 12.2. The summed E-state index contributed by atoms with van der Waals surface area (Å²) in [6, 6.07) is 20.5. The molecule has 0 fully saturated rings. The number of carbonyl (C=O) groups excluding carboxylic acids is 2. The third kappa shape index (κ3) is 8.36. The number of anilines is 1.